The zero-order chi connectivity index (χ0) is 16.4. The number of pyridine rings is 1. The topological polar surface area (TPSA) is 59.3 Å². The molecule has 3 rings (SSSR count). The number of rotatable bonds is 4. The normalized spacial score (nSPS) is 12.3. The number of halogens is 1. The Bertz CT molecular complexity index is 859. The van der Waals surface area contributed by atoms with Crippen LogP contribution in [-0.4, -0.2) is 26.5 Å². The van der Waals surface area contributed by atoms with E-state index in [4.69, 9.17) is 11.6 Å². The van der Waals surface area contributed by atoms with Crippen molar-refractivity contribution in [2.75, 3.05) is 0 Å². The first kappa shape index (κ1) is 15.5. The SMILES string of the molecule is CC[C@H](C)NC(=O)c1ccn2c(-c3ccccc3Cl)nnc2c1. The minimum absolute atomic E-state index is 0.107. The Hall–Kier alpha value is -2.40. The summed E-state index contributed by atoms with van der Waals surface area (Å²) < 4.78 is 1.82. The van der Waals surface area contributed by atoms with Crippen LogP contribution in [0.1, 0.15) is 30.6 Å². The Balaban J connectivity index is 1.98. The van der Waals surface area contributed by atoms with Crippen molar-refractivity contribution in [3.63, 3.8) is 0 Å². The van der Waals surface area contributed by atoms with Gasteiger partial charge in [0.2, 0.25) is 0 Å². The molecule has 2 heterocycles. The molecule has 3 aromatic rings. The van der Waals surface area contributed by atoms with Gasteiger partial charge < -0.3 is 5.32 Å². The maximum absolute atomic E-state index is 12.2. The van der Waals surface area contributed by atoms with E-state index < -0.39 is 0 Å². The van der Waals surface area contributed by atoms with Crippen LogP contribution in [0.2, 0.25) is 5.02 Å². The summed E-state index contributed by atoms with van der Waals surface area (Å²) in [5, 5.41) is 11.9. The summed E-state index contributed by atoms with van der Waals surface area (Å²) in [5.41, 5.74) is 1.98. The summed E-state index contributed by atoms with van der Waals surface area (Å²) in [4.78, 5) is 12.2. The first-order valence-electron chi connectivity index (χ1n) is 7.50. The molecule has 1 N–H and O–H groups in total. The van der Waals surface area contributed by atoms with Gasteiger partial charge >= 0.3 is 0 Å². The standard InChI is InChI=1S/C17H17ClN4O/c1-3-11(2)19-17(23)12-8-9-22-15(10-12)20-21-16(22)13-6-4-5-7-14(13)18/h4-11H,3H2,1-2H3,(H,19,23)/t11-/m0/s1. The van der Waals surface area contributed by atoms with E-state index in [1.54, 1.807) is 18.3 Å². The third-order valence-corrected chi connectivity index (χ3v) is 4.11. The summed E-state index contributed by atoms with van der Waals surface area (Å²) in [7, 11) is 0. The molecular weight excluding hydrogens is 312 g/mol. The number of amides is 1. The van der Waals surface area contributed by atoms with Crippen molar-refractivity contribution in [1.29, 1.82) is 0 Å². The predicted molar refractivity (Wildman–Crippen MR) is 90.7 cm³/mol. The van der Waals surface area contributed by atoms with E-state index in [2.05, 4.69) is 15.5 Å². The lowest BCUT2D eigenvalue weighted by molar-refractivity contribution is 0.0939. The predicted octanol–water partition coefficient (Wildman–Crippen LogP) is 3.58. The molecule has 6 heteroatoms. The Labute approximate surface area is 139 Å². The number of hydrogen-bond acceptors (Lipinski definition) is 3. The molecule has 0 saturated heterocycles. The van der Waals surface area contributed by atoms with Gasteiger partial charge in [-0.25, -0.2) is 0 Å². The molecular formula is C17H17ClN4O. The Morgan fingerprint density at radius 3 is 2.83 bits per heavy atom. The second-order valence-corrected chi connectivity index (χ2v) is 5.84. The molecule has 0 spiro atoms. The molecule has 0 radical (unpaired) electrons. The molecule has 0 saturated carbocycles. The zero-order valence-electron chi connectivity index (χ0n) is 13.0. The monoisotopic (exact) mass is 328 g/mol. The summed E-state index contributed by atoms with van der Waals surface area (Å²) in [6.45, 7) is 4.01. The van der Waals surface area contributed by atoms with E-state index in [0.717, 1.165) is 12.0 Å². The highest BCUT2D eigenvalue weighted by molar-refractivity contribution is 6.33. The summed E-state index contributed by atoms with van der Waals surface area (Å²) in [6, 6.07) is 11.1. The molecule has 118 valence electrons. The van der Waals surface area contributed by atoms with Crippen LogP contribution < -0.4 is 5.32 Å². The van der Waals surface area contributed by atoms with Crippen LogP contribution >= 0.6 is 11.6 Å². The number of nitrogens with one attached hydrogen (secondary N) is 1. The van der Waals surface area contributed by atoms with Crippen molar-refractivity contribution in [3.05, 3.63) is 53.2 Å². The van der Waals surface area contributed by atoms with Crippen LogP contribution in [-0.2, 0) is 0 Å². The van der Waals surface area contributed by atoms with Crippen molar-refractivity contribution < 1.29 is 4.79 Å². The lowest BCUT2D eigenvalue weighted by Crippen LogP contribution is -2.31. The van der Waals surface area contributed by atoms with Gasteiger partial charge in [-0.1, -0.05) is 30.7 Å². The van der Waals surface area contributed by atoms with E-state index in [9.17, 15) is 4.79 Å². The molecule has 0 bridgehead atoms. The molecule has 0 aliphatic heterocycles. The average Bonchev–Trinajstić information content (AvgIpc) is 2.98. The van der Waals surface area contributed by atoms with Crippen molar-refractivity contribution in [3.8, 4) is 11.4 Å². The minimum Gasteiger partial charge on any atom is -0.350 e. The highest BCUT2D eigenvalue weighted by atomic mass is 35.5. The van der Waals surface area contributed by atoms with Crippen LogP contribution in [0.25, 0.3) is 17.0 Å². The second-order valence-electron chi connectivity index (χ2n) is 5.43. The fourth-order valence-electron chi connectivity index (χ4n) is 2.27. The van der Waals surface area contributed by atoms with E-state index in [0.29, 0.717) is 22.1 Å². The van der Waals surface area contributed by atoms with Crippen molar-refractivity contribution >= 4 is 23.2 Å². The van der Waals surface area contributed by atoms with Gasteiger partial charge in [-0.2, -0.15) is 0 Å². The van der Waals surface area contributed by atoms with Gasteiger partial charge in [0.15, 0.2) is 11.5 Å². The summed E-state index contributed by atoms with van der Waals surface area (Å²) in [6.07, 6.45) is 2.68. The lowest BCUT2D eigenvalue weighted by Gasteiger charge is -2.11. The van der Waals surface area contributed by atoms with Crippen molar-refractivity contribution in [2.45, 2.75) is 26.3 Å². The Morgan fingerprint density at radius 2 is 2.09 bits per heavy atom. The van der Waals surface area contributed by atoms with Crippen LogP contribution in [0.3, 0.4) is 0 Å². The van der Waals surface area contributed by atoms with Crippen LogP contribution in [0.5, 0.6) is 0 Å². The number of nitrogens with zero attached hydrogens (tertiary/aromatic N) is 3. The van der Waals surface area contributed by atoms with Crippen LogP contribution in [0, 0.1) is 0 Å². The lowest BCUT2D eigenvalue weighted by atomic mass is 10.2. The van der Waals surface area contributed by atoms with Gasteiger partial charge in [0, 0.05) is 23.4 Å². The third kappa shape index (κ3) is 3.05. The largest absolute Gasteiger partial charge is 0.350 e. The molecule has 2 aromatic heterocycles. The third-order valence-electron chi connectivity index (χ3n) is 3.78. The summed E-state index contributed by atoms with van der Waals surface area (Å²) in [5.74, 6) is 0.545. The number of fused-ring (bicyclic) bond motifs is 1. The quantitative estimate of drug-likeness (QED) is 0.796. The fourth-order valence-corrected chi connectivity index (χ4v) is 2.49. The molecule has 0 aliphatic carbocycles. The fraction of sp³-hybridized carbons (Fsp3) is 0.235. The number of benzene rings is 1. The second kappa shape index (κ2) is 6.38. The molecule has 0 unspecified atom stereocenters. The molecule has 1 atom stereocenters. The van der Waals surface area contributed by atoms with Crippen LogP contribution in [0.4, 0.5) is 0 Å². The first-order valence-corrected chi connectivity index (χ1v) is 7.88. The molecule has 0 fully saturated rings. The highest BCUT2D eigenvalue weighted by Crippen LogP contribution is 2.26. The van der Waals surface area contributed by atoms with Gasteiger partial charge in [-0.05, 0) is 37.6 Å². The van der Waals surface area contributed by atoms with E-state index in [1.807, 2.05) is 42.5 Å². The number of hydrogen-bond donors (Lipinski definition) is 1. The molecule has 1 amide bonds. The van der Waals surface area contributed by atoms with E-state index >= 15 is 0 Å². The Kier molecular flexibility index (Phi) is 4.30. The highest BCUT2D eigenvalue weighted by Gasteiger charge is 2.14. The summed E-state index contributed by atoms with van der Waals surface area (Å²) >= 11 is 6.23. The van der Waals surface area contributed by atoms with Gasteiger partial charge in [-0.15, -0.1) is 10.2 Å². The van der Waals surface area contributed by atoms with Crippen molar-refractivity contribution in [2.24, 2.45) is 0 Å². The minimum atomic E-state index is -0.107. The molecule has 0 aliphatic rings. The first-order chi connectivity index (χ1) is 11.1. The maximum atomic E-state index is 12.2. The van der Waals surface area contributed by atoms with E-state index in [-0.39, 0.29) is 11.9 Å². The van der Waals surface area contributed by atoms with Gasteiger partial charge in [-0.3, -0.25) is 9.20 Å². The molecule has 5 nitrogen and oxygen atoms in total. The molecule has 23 heavy (non-hydrogen) atoms. The molecule has 1 aromatic carbocycles. The number of carbonyl (C=O) groups is 1. The van der Waals surface area contributed by atoms with E-state index in [1.165, 1.54) is 0 Å². The van der Waals surface area contributed by atoms with Crippen LogP contribution in [0.15, 0.2) is 42.6 Å². The average molecular weight is 329 g/mol. The van der Waals surface area contributed by atoms with Gasteiger partial charge in [0.1, 0.15) is 0 Å². The number of carbonyl (C=O) groups excluding carboxylic acids is 1. The number of aromatic nitrogens is 3. The van der Waals surface area contributed by atoms with Gasteiger partial charge in [0.25, 0.3) is 5.91 Å². The van der Waals surface area contributed by atoms with Crippen molar-refractivity contribution in [1.82, 2.24) is 19.9 Å². The van der Waals surface area contributed by atoms with Gasteiger partial charge in [0.05, 0.1) is 5.02 Å². The maximum Gasteiger partial charge on any atom is 0.251 e. The Morgan fingerprint density at radius 1 is 1.30 bits per heavy atom. The zero-order valence-corrected chi connectivity index (χ0v) is 13.7. The smallest absolute Gasteiger partial charge is 0.251 e.